The second kappa shape index (κ2) is 8.27. The second-order valence-electron chi connectivity index (χ2n) is 6.96. The van der Waals surface area contributed by atoms with E-state index in [1.54, 1.807) is 18.2 Å². The van der Waals surface area contributed by atoms with Gasteiger partial charge in [0.25, 0.3) is 10.0 Å². The fraction of sp³-hybridized carbons (Fsp3) is 0.136. The highest BCUT2D eigenvalue weighted by Gasteiger charge is 2.34. The first-order valence-corrected chi connectivity index (χ1v) is 10.9. The van der Waals surface area contributed by atoms with E-state index < -0.39 is 27.0 Å². The number of nitrogens with zero attached hydrogens (tertiary/aromatic N) is 1. The Bertz CT molecular complexity index is 1290. The van der Waals surface area contributed by atoms with E-state index in [0.29, 0.717) is 29.8 Å². The van der Waals surface area contributed by atoms with Crippen molar-refractivity contribution in [1.82, 2.24) is 0 Å². The molecule has 0 saturated heterocycles. The van der Waals surface area contributed by atoms with Gasteiger partial charge in [0.05, 0.1) is 5.71 Å². The lowest BCUT2D eigenvalue weighted by Gasteiger charge is -2.18. The largest absolute Gasteiger partial charge is 0.573 e. The van der Waals surface area contributed by atoms with Crippen LogP contribution >= 0.6 is 0 Å². The van der Waals surface area contributed by atoms with Crippen LogP contribution in [-0.2, 0) is 16.4 Å². The van der Waals surface area contributed by atoms with E-state index in [0.717, 1.165) is 17.7 Å². The number of ether oxygens (including phenoxy) is 1. The third kappa shape index (κ3) is 4.75. The highest BCUT2D eigenvalue weighted by atomic mass is 32.2. The molecular formula is C22H16F4N2O3S. The average Bonchev–Trinajstić information content (AvgIpc) is 2.73. The highest BCUT2D eigenvalue weighted by molar-refractivity contribution is 7.92. The minimum Gasteiger partial charge on any atom is -0.404 e. The van der Waals surface area contributed by atoms with Gasteiger partial charge in [0.1, 0.15) is 16.5 Å². The monoisotopic (exact) mass is 464 g/mol. The normalized spacial score (nSPS) is 13.8. The Morgan fingerprint density at radius 2 is 1.69 bits per heavy atom. The lowest BCUT2D eigenvalue weighted by atomic mass is 9.93. The molecule has 0 saturated carbocycles. The molecule has 5 nitrogen and oxygen atoms in total. The predicted molar refractivity (Wildman–Crippen MR) is 111 cm³/mol. The van der Waals surface area contributed by atoms with Crippen molar-refractivity contribution in [2.75, 3.05) is 11.3 Å². The molecule has 32 heavy (non-hydrogen) atoms. The van der Waals surface area contributed by atoms with Crippen LogP contribution in [-0.4, -0.2) is 27.0 Å². The molecular weight excluding hydrogens is 448 g/mol. The Kier molecular flexibility index (Phi) is 5.64. The topological polar surface area (TPSA) is 67.8 Å². The van der Waals surface area contributed by atoms with Crippen molar-refractivity contribution in [3.8, 4) is 5.75 Å². The summed E-state index contributed by atoms with van der Waals surface area (Å²) in [5, 5.41) is 0. The van der Waals surface area contributed by atoms with Crippen LogP contribution in [0.1, 0.15) is 16.7 Å². The Hall–Kier alpha value is -3.40. The first-order chi connectivity index (χ1) is 15.1. The van der Waals surface area contributed by atoms with E-state index >= 15 is 0 Å². The van der Waals surface area contributed by atoms with Crippen LogP contribution in [0, 0.1) is 5.82 Å². The van der Waals surface area contributed by atoms with Crippen molar-refractivity contribution < 1.29 is 30.7 Å². The van der Waals surface area contributed by atoms with Gasteiger partial charge >= 0.3 is 6.36 Å². The molecule has 1 aliphatic heterocycles. The molecule has 3 aromatic carbocycles. The minimum atomic E-state index is -5.04. The van der Waals surface area contributed by atoms with Crippen LogP contribution in [0.25, 0.3) is 0 Å². The summed E-state index contributed by atoms with van der Waals surface area (Å²) in [5.74, 6) is -1.22. The Morgan fingerprint density at radius 1 is 0.969 bits per heavy atom. The summed E-state index contributed by atoms with van der Waals surface area (Å²) in [6.45, 7) is 0.540. The van der Waals surface area contributed by atoms with Gasteiger partial charge in [0.15, 0.2) is 0 Å². The lowest BCUT2D eigenvalue weighted by Crippen LogP contribution is -2.21. The van der Waals surface area contributed by atoms with Crippen molar-refractivity contribution in [3.63, 3.8) is 0 Å². The quantitative estimate of drug-likeness (QED) is 0.545. The number of benzene rings is 3. The number of nitrogens with one attached hydrogen (secondary N) is 1. The number of aliphatic imine (C=N–C) groups is 1. The third-order valence-corrected chi connectivity index (χ3v) is 6.17. The fourth-order valence-corrected chi connectivity index (χ4v) is 4.58. The molecule has 4 rings (SSSR count). The number of rotatable bonds is 5. The number of fused-ring (bicyclic) bond motifs is 1. The van der Waals surface area contributed by atoms with Crippen molar-refractivity contribution in [2.24, 2.45) is 4.99 Å². The minimum absolute atomic E-state index is 0.131. The fourth-order valence-electron chi connectivity index (χ4n) is 3.39. The van der Waals surface area contributed by atoms with Gasteiger partial charge in [-0.1, -0.05) is 30.3 Å². The zero-order chi connectivity index (χ0) is 22.9. The summed E-state index contributed by atoms with van der Waals surface area (Å²) < 4.78 is 83.0. The zero-order valence-electron chi connectivity index (χ0n) is 16.4. The highest BCUT2D eigenvalue weighted by Crippen LogP contribution is 2.31. The van der Waals surface area contributed by atoms with Gasteiger partial charge < -0.3 is 4.74 Å². The number of hydrogen-bond donors (Lipinski definition) is 1. The number of alkyl halides is 3. The second-order valence-corrected chi connectivity index (χ2v) is 8.61. The van der Waals surface area contributed by atoms with Crippen molar-refractivity contribution in [3.05, 3.63) is 89.2 Å². The molecule has 3 aromatic rings. The van der Waals surface area contributed by atoms with Crippen LogP contribution in [0.4, 0.5) is 23.2 Å². The molecule has 0 atom stereocenters. The molecule has 1 N–H and O–H groups in total. The van der Waals surface area contributed by atoms with Crippen molar-refractivity contribution >= 4 is 21.4 Å². The Balaban J connectivity index is 1.59. The van der Waals surface area contributed by atoms with Gasteiger partial charge in [0, 0.05) is 23.4 Å². The van der Waals surface area contributed by atoms with E-state index in [9.17, 15) is 26.0 Å². The third-order valence-electron chi connectivity index (χ3n) is 4.75. The van der Waals surface area contributed by atoms with Crippen molar-refractivity contribution in [2.45, 2.75) is 17.7 Å². The van der Waals surface area contributed by atoms with E-state index in [-0.39, 0.29) is 11.5 Å². The predicted octanol–water partition coefficient (Wildman–Crippen LogP) is 4.92. The van der Waals surface area contributed by atoms with Crippen LogP contribution in [0.2, 0.25) is 0 Å². The average molecular weight is 464 g/mol. The summed E-state index contributed by atoms with van der Waals surface area (Å²) in [7, 11) is -4.36. The zero-order valence-corrected chi connectivity index (χ0v) is 17.2. The van der Waals surface area contributed by atoms with Gasteiger partial charge in [-0.05, 0) is 48.4 Å². The van der Waals surface area contributed by atoms with Gasteiger partial charge in [-0.2, -0.15) is 0 Å². The number of halogens is 4. The Morgan fingerprint density at radius 3 is 2.41 bits per heavy atom. The summed E-state index contributed by atoms with van der Waals surface area (Å²) in [6.07, 6.45) is -4.35. The smallest absolute Gasteiger partial charge is 0.404 e. The van der Waals surface area contributed by atoms with Gasteiger partial charge in [-0.15, -0.1) is 13.2 Å². The molecule has 0 aliphatic carbocycles. The van der Waals surface area contributed by atoms with E-state index in [2.05, 4.69) is 14.5 Å². The SMILES string of the molecule is O=S(=O)(Nc1ccc(C2=NCCc3ccc(F)cc32)cc1)c1ccccc1OC(F)(F)F. The molecule has 0 amide bonds. The lowest BCUT2D eigenvalue weighted by molar-refractivity contribution is -0.275. The molecule has 1 heterocycles. The van der Waals surface area contributed by atoms with Crippen LogP contribution in [0.15, 0.2) is 76.6 Å². The maximum Gasteiger partial charge on any atom is 0.573 e. The van der Waals surface area contributed by atoms with Gasteiger partial charge in [-0.25, -0.2) is 12.8 Å². The molecule has 0 fully saturated rings. The van der Waals surface area contributed by atoms with Crippen LogP contribution < -0.4 is 9.46 Å². The molecule has 10 heteroatoms. The first kappa shape index (κ1) is 21.8. The number of anilines is 1. The van der Waals surface area contributed by atoms with Crippen LogP contribution in [0.3, 0.4) is 0 Å². The maximum atomic E-state index is 13.7. The summed E-state index contributed by atoms with van der Waals surface area (Å²) in [4.78, 5) is 3.82. The molecule has 166 valence electrons. The van der Waals surface area contributed by atoms with Crippen LogP contribution in [0.5, 0.6) is 5.75 Å². The number of hydrogen-bond acceptors (Lipinski definition) is 4. The summed E-state index contributed by atoms with van der Waals surface area (Å²) in [5.41, 5.74) is 3.00. The Labute approximate surface area is 181 Å². The van der Waals surface area contributed by atoms with Gasteiger partial charge in [-0.3, -0.25) is 9.71 Å². The molecule has 0 aromatic heterocycles. The molecule has 0 bridgehead atoms. The first-order valence-electron chi connectivity index (χ1n) is 9.44. The maximum absolute atomic E-state index is 13.7. The standard InChI is InChI=1S/C22H16F4N2O3S/c23-16-8-5-14-11-12-27-21(18(14)13-16)15-6-9-17(10-7-15)28-32(29,30)20-4-2-1-3-19(20)31-22(24,25)26/h1-10,13,28H,11-12H2. The molecule has 1 aliphatic rings. The van der Waals surface area contributed by atoms with Gasteiger partial charge in [0.2, 0.25) is 0 Å². The summed E-state index contributed by atoms with van der Waals surface area (Å²) >= 11 is 0. The number of sulfonamides is 1. The van der Waals surface area contributed by atoms with E-state index in [1.807, 2.05) is 0 Å². The summed E-state index contributed by atoms with van der Waals surface area (Å²) in [6, 6.07) is 15.1. The molecule has 0 radical (unpaired) electrons. The molecule has 0 unspecified atom stereocenters. The van der Waals surface area contributed by atoms with Crippen molar-refractivity contribution in [1.29, 1.82) is 0 Å². The number of para-hydroxylation sites is 1. The molecule has 0 spiro atoms. The van der Waals surface area contributed by atoms with E-state index in [4.69, 9.17) is 0 Å². The van der Waals surface area contributed by atoms with E-state index in [1.165, 1.54) is 36.4 Å².